The average Bonchev–Trinajstić information content (AvgIpc) is 2.34. The van der Waals surface area contributed by atoms with E-state index in [9.17, 15) is 4.57 Å². The lowest BCUT2D eigenvalue weighted by Gasteiger charge is -2.29. The molecule has 0 spiro atoms. The molecular weight excluding hydrogens is 357 g/mol. The molecule has 0 aliphatic heterocycles. The van der Waals surface area contributed by atoms with Gasteiger partial charge in [0.25, 0.3) is 0 Å². The van der Waals surface area contributed by atoms with Crippen LogP contribution in [-0.2, 0) is 18.1 Å². The number of hydrogen-bond acceptors (Lipinski definition) is 4. The number of alkyl halides is 3. The van der Waals surface area contributed by atoms with E-state index in [1.807, 2.05) is 34.6 Å². The van der Waals surface area contributed by atoms with E-state index in [0.717, 1.165) is 6.42 Å². The summed E-state index contributed by atoms with van der Waals surface area (Å²) in [5, 5.41) is -0.718. The monoisotopic (exact) mass is 382 g/mol. The van der Waals surface area contributed by atoms with E-state index in [4.69, 9.17) is 48.4 Å². The SMILES string of the molecule is CCCC(Cl)C(Cl)(Cl)OP(=O)(OCC(C)C)OCC(C)C. The van der Waals surface area contributed by atoms with Gasteiger partial charge in [-0.1, -0.05) is 64.2 Å². The molecule has 1 unspecified atom stereocenters. The first-order valence-electron chi connectivity index (χ1n) is 7.14. The molecule has 0 fully saturated rings. The van der Waals surface area contributed by atoms with Gasteiger partial charge in [0.1, 0.15) is 0 Å². The van der Waals surface area contributed by atoms with E-state index in [-0.39, 0.29) is 25.0 Å². The van der Waals surface area contributed by atoms with Crippen molar-refractivity contribution in [2.45, 2.75) is 57.4 Å². The summed E-state index contributed by atoms with van der Waals surface area (Å²) < 4.78 is 26.6. The van der Waals surface area contributed by atoms with Gasteiger partial charge in [-0.15, -0.1) is 11.6 Å². The van der Waals surface area contributed by atoms with E-state index < -0.39 is 17.7 Å². The predicted octanol–water partition coefficient (Wildman–Crippen LogP) is 6.00. The van der Waals surface area contributed by atoms with Crippen molar-refractivity contribution in [2.24, 2.45) is 11.8 Å². The van der Waals surface area contributed by atoms with Crippen LogP contribution in [0.5, 0.6) is 0 Å². The summed E-state index contributed by atoms with van der Waals surface area (Å²) in [6.45, 7) is 10.0. The number of rotatable bonds is 11. The summed E-state index contributed by atoms with van der Waals surface area (Å²) in [4.78, 5) is 0. The molecule has 0 radical (unpaired) electrons. The molecule has 0 heterocycles. The fraction of sp³-hybridized carbons (Fsp3) is 1.00. The first-order valence-corrected chi connectivity index (χ1v) is 9.79. The topological polar surface area (TPSA) is 44.8 Å². The summed E-state index contributed by atoms with van der Waals surface area (Å²) in [5.41, 5.74) is 0. The summed E-state index contributed by atoms with van der Waals surface area (Å²) >= 11 is 18.2. The highest BCUT2D eigenvalue weighted by atomic mass is 35.5. The van der Waals surface area contributed by atoms with Gasteiger partial charge in [0.2, 0.25) is 4.52 Å². The number of phosphoric ester groups is 1. The minimum Gasteiger partial charge on any atom is -0.287 e. The van der Waals surface area contributed by atoms with E-state index in [0.29, 0.717) is 6.42 Å². The molecule has 21 heavy (non-hydrogen) atoms. The number of phosphoric acid groups is 1. The number of hydrogen-bond donors (Lipinski definition) is 0. The largest absolute Gasteiger partial charge is 0.477 e. The van der Waals surface area contributed by atoms with Gasteiger partial charge in [-0.05, 0) is 18.3 Å². The molecule has 128 valence electrons. The fourth-order valence-electron chi connectivity index (χ4n) is 1.20. The third-order valence-electron chi connectivity index (χ3n) is 2.27. The van der Waals surface area contributed by atoms with Gasteiger partial charge in [0.15, 0.2) is 0 Å². The summed E-state index contributed by atoms with van der Waals surface area (Å²) in [6, 6.07) is 0. The van der Waals surface area contributed by atoms with Gasteiger partial charge in [-0.25, -0.2) is 9.09 Å². The molecule has 0 aromatic heterocycles. The van der Waals surface area contributed by atoms with Gasteiger partial charge in [-0.3, -0.25) is 9.05 Å². The molecule has 1 atom stereocenters. The minimum atomic E-state index is -3.87. The molecule has 0 amide bonds. The smallest absolute Gasteiger partial charge is 0.287 e. The predicted molar refractivity (Wildman–Crippen MR) is 89.3 cm³/mol. The zero-order chi connectivity index (χ0) is 16.7. The molecule has 0 N–H and O–H groups in total. The lowest BCUT2D eigenvalue weighted by Crippen LogP contribution is -2.30. The summed E-state index contributed by atoms with van der Waals surface area (Å²) in [7, 11) is -3.87. The van der Waals surface area contributed by atoms with Crippen LogP contribution in [0.15, 0.2) is 0 Å². The van der Waals surface area contributed by atoms with Gasteiger partial charge in [-0.2, -0.15) is 0 Å². The van der Waals surface area contributed by atoms with E-state index >= 15 is 0 Å². The first kappa shape index (κ1) is 22.0. The van der Waals surface area contributed by atoms with E-state index in [1.54, 1.807) is 0 Å². The van der Waals surface area contributed by atoms with Gasteiger partial charge >= 0.3 is 7.82 Å². The Kier molecular flexibility index (Phi) is 10.4. The summed E-state index contributed by atoms with van der Waals surface area (Å²) in [5.74, 6) is 0.319. The van der Waals surface area contributed by atoms with Crippen LogP contribution in [0, 0.1) is 11.8 Å². The maximum Gasteiger partial charge on any atom is 0.477 e. The molecule has 0 bridgehead atoms. The maximum absolute atomic E-state index is 12.7. The first-order chi connectivity index (χ1) is 9.52. The number of halogens is 3. The molecule has 0 aromatic carbocycles. The van der Waals surface area contributed by atoms with Crippen molar-refractivity contribution in [3.8, 4) is 0 Å². The Morgan fingerprint density at radius 1 is 1.05 bits per heavy atom. The lowest BCUT2D eigenvalue weighted by molar-refractivity contribution is 0.0743. The van der Waals surface area contributed by atoms with Crippen molar-refractivity contribution >= 4 is 42.6 Å². The van der Waals surface area contributed by atoms with Crippen LogP contribution in [0.2, 0.25) is 0 Å². The highest BCUT2D eigenvalue weighted by molar-refractivity contribution is 7.48. The van der Waals surface area contributed by atoms with Crippen molar-refractivity contribution in [2.75, 3.05) is 13.2 Å². The van der Waals surface area contributed by atoms with Crippen LogP contribution in [0.4, 0.5) is 0 Å². The Hall–Kier alpha value is 0.980. The molecule has 4 nitrogen and oxygen atoms in total. The van der Waals surface area contributed by atoms with E-state index in [1.165, 1.54) is 0 Å². The third-order valence-corrected chi connectivity index (χ3v) is 5.36. The minimum absolute atomic E-state index is 0.159. The molecule has 0 aliphatic rings. The second-order valence-electron chi connectivity index (χ2n) is 5.74. The summed E-state index contributed by atoms with van der Waals surface area (Å²) in [6.07, 6.45) is 1.28. The Labute approximate surface area is 143 Å². The highest BCUT2D eigenvalue weighted by Gasteiger charge is 2.44. The second kappa shape index (κ2) is 9.97. The molecule has 0 rings (SSSR count). The van der Waals surface area contributed by atoms with Gasteiger partial charge in [0, 0.05) is 0 Å². The van der Waals surface area contributed by atoms with Gasteiger partial charge in [0.05, 0.1) is 18.6 Å². The lowest BCUT2D eigenvalue weighted by atomic mass is 10.2. The van der Waals surface area contributed by atoms with Crippen molar-refractivity contribution in [1.29, 1.82) is 0 Å². The van der Waals surface area contributed by atoms with Crippen molar-refractivity contribution in [3.05, 3.63) is 0 Å². The normalized spacial score (nSPS) is 15.0. The Morgan fingerprint density at radius 2 is 1.48 bits per heavy atom. The van der Waals surface area contributed by atoms with Crippen molar-refractivity contribution < 1.29 is 18.1 Å². The standard InChI is InChI=1S/C13H26Cl3O4P/c1-6-7-12(14)13(15,16)20-21(17,18-8-10(2)3)19-9-11(4)5/h10-12H,6-9H2,1-5H3. The van der Waals surface area contributed by atoms with Crippen LogP contribution in [0.1, 0.15) is 47.5 Å². The third kappa shape index (κ3) is 9.65. The van der Waals surface area contributed by atoms with E-state index in [2.05, 4.69) is 0 Å². The average molecular weight is 384 g/mol. The Balaban J connectivity index is 4.90. The maximum atomic E-state index is 12.7. The van der Waals surface area contributed by atoms with Gasteiger partial charge < -0.3 is 0 Å². The molecule has 0 saturated heterocycles. The van der Waals surface area contributed by atoms with Crippen LogP contribution in [0.25, 0.3) is 0 Å². The highest BCUT2D eigenvalue weighted by Crippen LogP contribution is 2.56. The molecular formula is C13H26Cl3O4P. The molecule has 0 saturated carbocycles. The van der Waals surface area contributed by atoms with Crippen LogP contribution >= 0.6 is 42.6 Å². The quantitative estimate of drug-likeness (QED) is 0.324. The van der Waals surface area contributed by atoms with Crippen LogP contribution in [0.3, 0.4) is 0 Å². The zero-order valence-corrected chi connectivity index (χ0v) is 16.4. The fourth-order valence-corrected chi connectivity index (χ4v) is 3.82. The van der Waals surface area contributed by atoms with Crippen LogP contribution in [-0.4, -0.2) is 23.1 Å². The van der Waals surface area contributed by atoms with Crippen LogP contribution < -0.4 is 0 Å². The van der Waals surface area contributed by atoms with Crippen molar-refractivity contribution in [1.82, 2.24) is 0 Å². The zero-order valence-electron chi connectivity index (χ0n) is 13.3. The Morgan fingerprint density at radius 3 is 1.81 bits per heavy atom. The molecule has 8 heteroatoms. The second-order valence-corrected chi connectivity index (χ2v) is 9.17. The van der Waals surface area contributed by atoms with Crippen molar-refractivity contribution in [3.63, 3.8) is 0 Å². The Bertz CT molecular complexity index is 321. The molecule has 0 aliphatic carbocycles. The molecule has 0 aromatic rings.